The molecule has 70 valence electrons. The topological polar surface area (TPSA) is 73.1 Å². The number of nitrogen functional groups attached to an aromatic ring is 1. The van der Waals surface area contributed by atoms with Gasteiger partial charge in [0.25, 0.3) is 0 Å². The van der Waals surface area contributed by atoms with Gasteiger partial charge in [-0.3, -0.25) is 0 Å². The molecule has 0 radical (unpaired) electrons. The van der Waals surface area contributed by atoms with Crippen molar-refractivity contribution in [2.45, 2.75) is 13.3 Å². The molecule has 1 aliphatic rings. The van der Waals surface area contributed by atoms with Crippen LogP contribution >= 0.6 is 0 Å². The number of ether oxygens (including phenoxy) is 1. The molecule has 0 spiro atoms. The van der Waals surface area contributed by atoms with Crippen LogP contribution < -0.4 is 15.8 Å². The van der Waals surface area contributed by atoms with E-state index in [1.165, 1.54) is 0 Å². The molecule has 0 saturated carbocycles. The van der Waals surface area contributed by atoms with Gasteiger partial charge in [0.05, 0.1) is 6.54 Å². The Morgan fingerprint density at radius 2 is 2.38 bits per heavy atom. The van der Waals surface area contributed by atoms with Crippen molar-refractivity contribution in [1.29, 1.82) is 0 Å². The Bertz CT molecular complexity index is 326. The van der Waals surface area contributed by atoms with Gasteiger partial charge in [-0.2, -0.15) is 0 Å². The number of anilines is 2. The molecule has 13 heavy (non-hydrogen) atoms. The molecule has 0 atom stereocenters. The molecule has 0 aromatic carbocycles. The van der Waals surface area contributed by atoms with Crippen LogP contribution in [-0.2, 0) is 6.42 Å². The summed E-state index contributed by atoms with van der Waals surface area (Å²) in [5.41, 5.74) is 5.70. The minimum absolute atomic E-state index is 0.425. The summed E-state index contributed by atoms with van der Waals surface area (Å²) in [5.74, 6) is 2.47. The van der Waals surface area contributed by atoms with Gasteiger partial charge < -0.3 is 15.8 Å². The summed E-state index contributed by atoms with van der Waals surface area (Å²) < 4.78 is 5.34. The minimum Gasteiger partial charge on any atom is -0.485 e. The maximum Gasteiger partial charge on any atom is 0.204 e. The fraction of sp³-hybridized carbons (Fsp3) is 0.500. The van der Waals surface area contributed by atoms with Crippen LogP contribution in [0, 0.1) is 0 Å². The van der Waals surface area contributed by atoms with Crippen LogP contribution in [0.5, 0.6) is 5.75 Å². The van der Waals surface area contributed by atoms with Gasteiger partial charge in [-0.1, -0.05) is 6.92 Å². The number of aryl methyl sites for hydroxylation is 1. The number of nitrogens with zero attached hydrogens (tertiary/aromatic N) is 2. The lowest BCUT2D eigenvalue weighted by atomic mass is 10.3. The highest BCUT2D eigenvalue weighted by Gasteiger charge is 2.16. The zero-order valence-corrected chi connectivity index (χ0v) is 7.50. The van der Waals surface area contributed by atoms with Crippen LogP contribution in [0.4, 0.5) is 11.6 Å². The predicted octanol–water partition coefficient (Wildman–Crippen LogP) is 0.425. The first-order chi connectivity index (χ1) is 6.31. The summed E-state index contributed by atoms with van der Waals surface area (Å²) in [5, 5.41) is 3.12. The number of hydrogen-bond acceptors (Lipinski definition) is 5. The third-order valence-electron chi connectivity index (χ3n) is 1.90. The molecule has 2 rings (SSSR count). The molecule has 3 N–H and O–H groups in total. The molecule has 1 aromatic rings. The number of fused-ring (bicyclic) bond motifs is 1. The molecular weight excluding hydrogens is 168 g/mol. The molecule has 2 heterocycles. The molecule has 0 fully saturated rings. The van der Waals surface area contributed by atoms with Crippen molar-refractivity contribution in [3.63, 3.8) is 0 Å². The maximum atomic E-state index is 5.70. The van der Waals surface area contributed by atoms with E-state index in [0.717, 1.165) is 24.6 Å². The SMILES string of the molecule is CCc1nc(N)c2c(n1)NCCO2. The molecule has 5 nitrogen and oxygen atoms in total. The van der Waals surface area contributed by atoms with Crippen LogP contribution in [0.2, 0.25) is 0 Å². The van der Waals surface area contributed by atoms with Crippen molar-refractivity contribution < 1.29 is 4.74 Å². The van der Waals surface area contributed by atoms with Crippen molar-refractivity contribution in [1.82, 2.24) is 9.97 Å². The number of rotatable bonds is 1. The molecule has 0 amide bonds. The van der Waals surface area contributed by atoms with Crippen molar-refractivity contribution in [2.75, 3.05) is 24.2 Å². The van der Waals surface area contributed by atoms with E-state index in [1.807, 2.05) is 6.92 Å². The minimum atomic E-state index is 0.425. The van der Waals surface area contributed by atoms with E-state index < -0.39 is 0 Å². The third-order valence-corrected chi connectivity index (χ3v) is 1.90. The van der Waals surface area contributed by atoms with E-state index in [4.69, 9.17) is 10.5 Å². The van der Waals surface area contributed by atoms with Crippen molar-refractivity contribution in [3.8, 4) is 5.75 Å². The number of hydrogen-bond donors (Lipinski definition) is 2. The molecule has 0 unspecified atom stereocenters. The van der Waals surface area contributed by atoms with E-state index in [9.17, 15) is 0 Å². The van der Waals surface area contributed by atoms with Crippen molar-refractivity contribution in [3.05, 3.63) is 5.82 Å². The van der Waals surface area contributed by atoms with Crippen molar-refractivity contribution in [2.24, 2.45) is 0 Å². The number of nitrogens with two attached hydrogens (primary N) is 1. The average molecular weight is 180 g/mol. The van der Waals surface area contributed by atoms with E-state index in [1.54, 1.807) is 0 Å². The molecule has 5 heteroatoms. The second-order valence-electron chi connectivity index (χ2n) is 2.83. The first-order valence-corrected chi connectivity index (χ1v) is 4.34. The van der Waals surface area contributed by atoms with E-state index in [2.05, 4.69) is 15.3 Å². The highest BCUT2D eigenvalue weighted by Crippen LogP contribution is 2.29. The standard InChI is InChI=1S/C8H12N4O/c1-2-5-11-7(9)6-8(12-5)10-3-4-13-6/h2-4H2,1H3,(H3,9,10,11,12). The molecule has 1 aromatic heterocycles. The Kier molecular flexibility index (Phi) is 1.92. The van der Waals surface area contributed by atoms with Crippen LogP contribution in [0.15, 0.2) is 0 Å². The van der Waals surface area contributed by atoms with Crippen LogP contribution in [0.25, 0.3) is 0 Å². The monoisotopic (exact) mass is 180 g/mol. The highest BCUT2D eigenvalue weighted by molar-refractivity contribution is 5.62. The predicted molar refractivity (Wildman–Crippen MR) is 49.8 cm³/mol. The molecule has 0 aliphatic carbocycles. The summed E-state index contributed by atoms with van der Waals surface area (Å²) >= 11 is 0. The molecule has 1 aliphatic heterocycles. The molecular formula is C8H12N4O. The maximum absolute atomic E-state index is 5.70. The van der Waals surface area contributed by atoms with E-state index >= 15 is 0 Å². The summed E-state index contributed by atoms with van der Waals surface area (Å²) in [6.45, 7) is 3.38. The number of nitrogens with one attached hydrogen (secondary N) is 1. The molecule has 0 saturated heterocycles. The fourth-order valence-electron chi connectivity index (χ4n) is 1.26. The Hall–Kier alpha value is -1.52. The summed E-state index contributed by atoms with van der Waals surface area (Å²) in [6.07, 6.45) is 0.777. The van der Waals surface area contributed by atoms with Crippen molar-refractivity contribution >= 4 is 11.6 Å². The average Bonchev–Trinajstić information content (AvgIpc) is 2.18. The molecule has 0 bridgehead atoms. The summed E-state index contributed by atoms with van der Waals surface area (Å²) in [4.78, 5) is 8.37. The van der Waals surface area contributed by atoms with Gasteiger partial charge in [0.15, 0.2) is 11.6 Å². The van der Waals surface area contributed by atoms with Gasteiger partial charge in [0.1, 0.15) is 12.4 Å². The Labute approximate surface area is 76.3 Å². The van der Waals surface area contributed by atoms with Gasteiger partial charge in [0, 0.05) is 6.42 Å². The van der Waals surface area contributed by atoms with E-state index in [-0.39, 0.29) is 0 Å². The summed E-state index contributed by atoms with van der Waals surface area (Å²) in [7, 11) is 0. The zero-order valence-electron chi connectivity index (χ0n) is 7.50. The highest BCUT2D eigenvalue weighted by atomic mass is 16.5. The van der Waals surface area contributed by atoms with Gasteiger partial charge in [-0.05, 0) is 0 Å². The lowest BCUT2D eigenvalue weighted by Crippen LogP contribution is -2.21. The van der Waals surface area contributed by atoms with Gasteiger partial charge in [-0.25, -0.2) is 9.97 Å². The van der Waals surface area contributed by atoms with Crippen LogP contribution in [-0.4, -0.2) is 23.1 Å². The van der Waals surface area contributed by atoms with Gasteiger partial charge >= 0.3 is 0 Å². The lowest BCUT2D eigenvalue weighted by Gasteiger charge is -2.19. The van der Waals surface area contributed by atoms with Gasteiger partial charge in [0.2, 0.25) is 5.75 Å². The Balaban J connectivity index is 2.47. The Morgan fingerprint density at radius 3 is 3.15 bits per heavy atom. The quantitative estimate of drug-likeness (QED) is 0.655. The second-order valence-corrected chi connectivity index (χ2v) is 2.83. The lowest BCUT2D eigenvalue weighted by molar-refractivity contribution is 0.321. The number of aromatic nitrogens is 2. The normalized spacial score (nSPS) is 14.2. The zero-order chi connectivity index (χ0) is 9.26. The third kappa shape index (κ3) is 1.37. The van der Waals surface area contributed by atoms with Gasteiger partial charge in [-0.15, -0.1) is 0 Å². The Morgan fingerprint density at radius 1 is 1.54 bits per heavy atom. The second kappa shape index (κ2) is 3.08. The smallest absolute Gasteiger partial charge is 0.204 e. The van der Waals surface area contributed by atoms with Crippen LogP contribution in [0.1, 0.15) is 12.7 Å². The first kappa shape index (κ1) is 8.10. The van der Waals surface area contributed by atoms with E-state index in [0.29, 0.717) is 18.2 Å². The largest absolute Gasteiger partial charge is 0.485 e. The fourth-order valence-corrected chi connectivity index (χ4v) is 1.26. The van der Waals surface area contributed by atoms with Crippen LogP contribution in [0.3, 0.4) is 0 Å². The first-order valence-electron chi connectivity index (χ1n) is 4.34. The summed E-state index contributed by atoms with van der Waals surface area (Å²) in [6, 6.07) is 0.